The van der Waals surface area contributed by atoms with Gasteiger partial charge in [0.25, 0.3) is 0 Å². The van der Waals surface area contributed by atoms with E-state index in [1.54, 1.807) is 0 Å². The van der Waals surface area contributed by atoms with E-state index < -0.39 is 12.0 Å². The summed E-state index contributed by atoms with van der Waals surface area (Å²) in [6, 6.07) is -1.03. The van der Waals surface area contributed by atoms with Gasteiger partial charge in [-0.2, -0.15) is 0 Å². The van der Waals surface area contributed by atoms with Gasteiger partial charge in [0.05, 0.1) is 6.04 Å². The molecular formula is C8H18N4O3. The molecule has 7 heteroatoms. The molecule has 0 bridgehead atoms. The summed E-state index contributed by atoms with van der Waals surface area (Å²) in [6.07, 6.45) is 1.13. The van der Waals surface area contributed by atoms with E-state index in [2.05, 4.69) is 5.32 Å². The Morgan fingerprint density at radius 2 is 2.27 bits per heavy atom. The third-order valence-electron chi connectivity index (χ3n) is 1.89. The van der Waals surface area contributed by atoms with Crippen LogP contribution in [0.3, 0.4) is 0 Å². The SMILES string of the molecule is NCC[C@H](N)C(=O)O.N[C@H]1CCNC1=O. The third-order valence-corrected chi connectivity index (χ3v) is 1.89. The molecule has 7 nitrogen and oxygen atoms in total. The summed E-state index contributed by atoms with van der Waals surface area (Å²) in [4.78, 5) is 20.2. The molecule has 0 aliphatic carbocycles. The molecule has 1 amide bonds. The van der Waals surface area contributed by atoms with Gasteiger partial charge in [0, 0.05) is 6.54 Å². The Hall–Kier alpha value is -1.18. The number of hydrogen-bond donors (Lipinski definition) is 5. The van der Waals surface area contributed by atoms with Gasteiger partial charge in [-0.3, -0.25) is 9.59 Å². The van der Waals surface area contributed by atoms with E-state index in [0.717, 1.165) is 13.0 Å². The average Bonchev–Trinajstić information content (AvgIpc) is 2.52. The van der Waals surface area contributed by atoms with Crippen LogP contribution in [-0.2, 0) is 9.59 Å². The molecule has 1 saturated heterocycles. The maximum Gasteiger partial charge on any atom is 0.320 e. The van der Waals surface area contributed by atoms with E-state index in [-0.39, 0.29) is 11.9 Å². The average molecular weight is 218 g/mol. The normalized spacial score (nSPS) is 21.3. The maximum atomic E-state index is 10.3. The monoisotopic (exact) mass is 218 g/mol. The first-order chi connectivity index (χ1) is 6.99. The van der Waals surface area contributed by atoms with Gasteiger partial charge in [0.1, 0.15) is 6.04 Å². The Morgan fingerprint density at radius 3 is 2.40 bits per heavy atom. The zero-order valence-corrected chi connectivity index (χ0v) is 8.48. The quantitative estimate of drug-likeness (QED) is 0.356. The van der Waals surface area contributed by atoms with Crippen molar-refractivity contribution < 1.29 is 14.7 Å². The number of aliphatic carboxylic acids is 1. The largest absolute Gasteiger partial charge is 0.480 e. The topological polar surface area (TPSA) is 144 Å². The lowest BCUT2D eigenvalue weighted by Crippen LogP contribution is -2.32. The molecule has 2 atom stereocenters. The minimum absolute atomic E-state index is 0.0139. The minimum atomic E-state index is -0.990. The van der Waals surface area contributed by atoms with Crippen LogP contribution < -0.4 is 22.5 Å². The zero-order chi connectivity index (χ0) is 11.8. The molecule has 0 unspecified atom stereocenters. The first-order valence-electron chi connectivity index (χ1n) is 4.70. The molecule has 0 saturated carbocycles. The lowest BCUT2D eigenvalue weighted by Gasteiger charge is -2.00. The number of hydrogen-bond acceptors (Lipinski definition) is 5. The highest BCUT2D eigenvalue weighted by Crippen LogP contribution is 1.93. The summed E-state index contributed by atoms with van der Waals surface area (Å²) in [7, 11) is 0. The Kier molecular flexibility index (Phi) is 6.59. The molecule has 1 aliphatic heterocycles. The highest BCUT2D eigenvalue weighted by molar-refractivity contribution is 5.83. The van der Waals surface area contributed by atoms with Gasteiger partial charge >= 0.3 is 5.97 Å². The Morgan fingerprint density at radius 1 is 1.67 bits per heavy atom. The predicted octanol–water partition coefficient (Wildman–Crippen LogP) is -2.42. The van der Waals surface area contributed by atoms with E-state index in [1.165, 1.54) is 0 Å². The minimum Gasteiger partial charge on any atom is -0.480 e. The highest BCUT2D eigenvalue weighted by atomic mass is 16.4. The highest BCUT2D eigenvalue weighted by Gasteiger charge is 2.18. The molecule has 1 heterocycles. The molecular weight excluding hydrogens is 200 g/mol. The number of carboxylic acid groups (broad SMARTS) is 1. The number of carbonyl (C=O) groups excluding carboxylic acids is 1. The molecule has 1 fully saturated rings. The second-order valence-electron chi connectivity index (χ2n) is 3.21. The van der Waals surface area contributed by atoms with Gasteiger partial charge in [-0.25, -0.2) is 0 Å². The van der Waals surface area contributed by atoms with Gasteiger partial charge in [-0.1, -0.05) is 0 Å². The fourth-order valence-corrected chi connectivity index (χ4v) is 0.916. The van der Waals surface area contributed by atoms with Crippen molar-refractivity contribution in [2.75, 3.05) is 13.1 Å². The fourth-order valence-electron chi connectivity index (χ4n) is 0.916. The Balaban J connectivity index is 0.000000262. The van der Waals surface area contributed by atoms with Crippen LogP contribution >= 0.6 is 0 Å². The van der Waals surface area contributed by atoms with Crippen molar-refractivity contribution in [1.29, 1.82) is 0 Å². The van der Waals surface area contributed by atoms with Crippen LogP contribution in [0.25, 0.3) is 0 Å². The second-order valence-corrected chi connectivity index (χ2v) is 3.21. The second kappa shape index (κ2) is 7.16. The van der Waals surface area contributed by atoms with Crippen LogP contribution in [0.4, 0.5) is 0 Å². The van der Waals surface area contributed by atoms with Crippen molar-refractivity contribution in [1.82, 2.24) is 5.32 Å². The van der Waals surface area contributed by atoms with Crippen LogP contribution in [-0.4, -0.2) is 42.2 Å². The molecule has 15 heavy (non-hydrogen) atoms. The first kappa shape index (κ1) is 13.8. The zero-order valence-electron chi connectivity index (χ0n) is 8.48. The summed E-state index contributed by atoms with van der Waals surface area (Å²) >= 11 is 0. The summed E-state index contributed by atoms with van der Waals surface area (Å²) < 4.78 is 0. The lowest BCUT2D eigenvalue weighted by atomic mass is 10.2. The van der Waals surface area contributed by atoms with E-state index >= 15 is 0 Å². The van der Waals surface area contributed by atoms with Crippen LogP contribution in [0.1, 0.15) is 12.8 Å². The molecule has 0 spiro atoms. The van der Waals surface area contributed by atoms with Crippen molar-refractivity contribution in [3.05, 3.63) is 0 Å². The number of rotatable bonds is 3. The smallest absolute Gasteiger partial charge is 0.320 e. The van der Waals surface area contributed by atoms with Crippen molar-refractivity contribution in [3.8, 4) is 0 Å². The van der Waals surface area contributed by atoms with Crippen LogP contribution in [0, 0.1) is 0 Å². The Bertz CT molecular complexity index is 222. The van der Waals surface area contributed by atoms with Crippen molar-refractivity contribution in [3.63, 3.8) is 0 Å². The van der Waals surface area contributed by atoms with Crippen LogP contribution in [0.2, 0.25) is 0 Å². The van der Waals surface area contributed by atoms with Crippen LogP contribution in [0.5, 0.6) is 0 Å². The van der Waals surface area contributed by atoms with Gasteiger partial charge in [0.2, 0.25) is 5.91 Å². The molecule has 0 aromatic carbocycles. The van der Waals surface area contributed by atoms with Crippen molar-refractivity contribution in [2.24, 2.45) is 17.2 Å². The van der Waals surface area contributed by atoms with Gasteiger partial charge < -0.3 is 27.6 Å². The van der Waals surface area contributed by atoms with E-state index in [1.807, 2.05) is 0 Å². The summed E-state index contributed by atoms with van der Waals surface area (Å²) in [6.45, 7) is 1.08. The lowest BCUT2D eigenvalue weighted by molar-refractivity contribution is -0.138. The third kappa shape index (κ3) is 6.00. The maximum absolute atomic E-state index is 10.3. The fraction of sp³-hybridized carbons (Fsp3) is 0.750. The van der Waals surface area contributed by atoms with Gasteiger partial charge in [0.15, 0.2) is 0 Å². The van der Waals surface area contributed by atoms with E-state index in [9.17, 15) is 9.59 Å². The molecule has 0 radical (unpaired) electrons. The van der Waals surface area contributed by atoms with Crippen molar-refractivity contribution in [2.45, 2.75) is 24.9 Å². The molecule has 0 aromatic rings. The van der Waals surface area contributed by atoms with Crippen LogP contribution in [0.15, 0.2) is 0 Å². The molecule has 8 N–H and O–H groups in total. The standard InChI is InChI=1S/C4H10N2O2.C4H8N2O/c5-2-1-3(6)4(7)8;5-3-1-2-6-4(3)7/h3H,1-2,5-6H2,(H,7,8);3H,1-2,5H2,(H,6,7)/t2*3-/m00/s1. The molecule has 1 rings (SSSR count). The summed E-state index contributed by atoms with van der Waals surface area (Å²) in [5, 5.41) is 10.7. The number of carboxylic acids is 1. The Labute approximate surface area is 88.0 Å². The van der Waals surface area contributed by atoms with E-state index in [0.29, 0.717) is 13.0 Å². The van der Waals surface area contributed by atoms with E-state index in [4.69, 9.17) is 22.3 Å². The molecule has 88 valence electrons. The number of nitrogens with two attached hydrogens (primary N) is 3. The predicted molar refractivity (Wildman–Crippen MR) is 54.9 cm³/mol. The number of nitrogens with one attached hydrogen (secondary N) is 1. The van der Waals surface area contributed by atoms with Crippen molar-refractivity contribution >= 4 is 11.9 Å². The summed E-state index contributed by atoms with van der Waals surface area (Å²) in [5.41, 5.74) is 15.3. The van der Waals surface area contributed by atoms with Gasteiger partial charge in [-0.15, -0.1) is 0 Å². The molecule has 1 aliphatic rings. The molecule has 0 aromatic heterocycles. The number of amides is 1. The number of carbonyl (C=O) groups is 2. The first-order valence-corrected chi connectivity index (χ1v) is 4.70. The van der Waals surface area contributed by atoms with Gasteiger partial charge in [-0.05, 0) is 19.4 Å². The summed E-state index contributed by atoms with van der Waals surface area (Å²) in [5.74, 6) is -1.00.